The molecular formula is C22H28N2O4S2. The van der Waals surface area contributed by atoms with E-state index in [4.69, 9.17) is 4.74 Å². The second kappa shape index (κ2) is 9.85. The van der Waals surface area contributed by atoms with E-state index >= 15 is 0 Å². The fraction of sp³-hybridized carbons (Fsp3) is 0.409. The van der Waals surface area contributed by atoms with Gasteiger partial charge in [-0.3, -0.25) is 9.69 Å². The van der Waals surface area contributed by atoms with E-state index in [0.29, 0.717) is 29.3 Å². The summed E-state index contributed by atoms with van der Waals surface area (Å²) in [5.41, 5.74) is 1.66. The monoisotopic (exact) mass is 448 g/mol. The Labute approximate surface area is 183 Å². The molecule has 0 spiro atoms. The Balaban J connectivity index is 1.64. The number of nitrogens with zero attached hydrogens (tertiary/aromatic N) is 2. The van der Waals surface area contributed by atoms with Crippen molar-refractivity contribution in [2.45, 2.75) is 22.8 Å². The minimum absolute atomic E-state index is 0.00106. The number of ether oxygens (including phenoxy) is 1. The standard InChI is InChI=1S/C22H28N2O4S2/c1-28-21-15-18(29-2)7-10-20(21)22(25)24-12-4-11-23(13-14-24)16-17-5-8-19(9-6-17)30(3,26)27/h5-10,15H,4,11-14,16H2,1-3H3. The van der Waals surface area contributed by atoms with Crippen LogP contribution in [0, 0.1) is 0 Å². The molecule has 1 amide bonds. The van der Waals surface area contributed by atoms with E-state index in [1.54, 1.807) is 31.0 Å². The van der Waals surface area contributed by atoms with Crippen LogP contribution in [0.3, 0.4) is 0 Å². The zero-order valence-corrected chi connectivity index (χ0v) is 19.3. The zero-order valence-electron chi connectivity index (χ0n) is 17.6. The molecule has 0 bridgehead atoms. The third kappa shape index (κ3) is 5.56. The van der Waals surface area contributed by atoms with Crippen LogP contribution in [0.5, 0.6) is 5.75 Å². The maximum Gasteiger partial charge on any atom is 0.257 e. The van der Waals surface area contributed by atoms with Crippen molar-refractivity contribution < 1.29 is 17.9 Å². The summed E-state index contributed by atoms with van der Waals surface area (Å²) < 4.78 is 28.7. The number of hydrogen-bond acceptors (Lipinski definition) is 6. The first-order valence-corrected chi connectivity index (χ1v) is 13.0. The van der Waals surface area contributed by atoms with E-state index < -0.39 is 9.84 Å². The van der Waals surface area contributed by atoms with Crippen molar-refractivity contribution in [2.24, 2.45) is 0 Å². The van der Waals surface area contributed by atoms with Gasteiger partial charge in [0.15, 0.2) is 9.84 Å². The molecule has 2 aromatic carbocycles. The maximum absolute atomic E-state index is 13.1. The molecule has 1 heterocycles. The average Bonchev–Trinajstić information content (AvgIpc) is 2.98. The number of carbonyl (C=O) groups excluding carboxylic acids is 1. The maximum atomic E-state index is 13.1. The van der Waals surface area contributed by atoms with Gasteiger partial charge in [0, 0.05) is 43.9 Å². The zero-order chi connectivity index (χ0) is 21.7. The number of amides is 1. The summed E-state index contributed by atoms with van der Waals surface area (Å²) in [7, 11) is -1.59. The quantitative estimate of drug-likeness (QED) is 0.633. The number of benzene rings is 2. The van der Waals surface area contributed by atoms with Crippen LogP contribution >= 0.6 is 11.8 Å². The molecule has 0 radical (unpaired) electrons. The van der Waals surface area contributed by atoms with Crippen molar-refractivity contribution in [2.75, 3.05) is 45.8 Å². The number of carbonyl (C=O) groups is 1. The van der Waals surface area contributed by atoms with Gasteiger partial charge >= 0.3 is 0 Å². The Bertz CT molecular complexity index is 991. The summed E-state index contributed by atoms with van der Waals surface area (Å²) in [6.45, 7) is 3.74. The van der Waals surface area contributed by atoms with E-state index in [1.165, 1.54) is 6.26 Å². The minimum atomic E-state index is -3.18. The number of hydrogen-bond donors (Lipinski definition) is 0. The highest BCUT2D eigenvalue weighted by Gasteiger charge is 2.23. The molecule has 6 nitrogen and oxygen atoms in total. The summed E-state index contributed by atoms with van der Waals surface area (Å²) in [4.78, 5) is 18.7. The van der Waals surface area contributed by atoms with Crippen molar-refractivity contribution in [3.8, 4) is 5.75 Å². The van der Waals surface area contributed by atoms with Crippen molar-refractivity contribution >= 4 is 27.5 Å². The highest BCUT2D eigenvalue weighted by atomic mass is 32.2. The summed E-state index contributed by atoms with van der Waals surface area (Å²) >= 11 is 1.62. The third-order valence-corrected chi connectivity index (χ3v) is 7.13. The fourth-order valence-corrected chi connectivity index (χ4v) is 4.64. The molecule has 2 aromatic rings. The lowest BCUT2D eigenvalue weighted by atomic mass is 10.1. The van der Waals surface area contributed by atoms with Gasteiger partial charge in [0.25, 0.3) is 5.91 Å². The second-order valence-electron chi connectivity index (χ2n) is 7.40. The molecule has 0 atom stereocenters. The molecule has 0 aromatic heterocycles. The van der Waals surface area contributed by atoms with Gasteiger partial charge in [-0.15, -0.1) is 11.8 Å². The van der Waals surface area contributed by atoms with Crippen LogP contribution < -0.4 is 4.74 Å². The van der Waals surface area contributed by atoms with E-state index in [9.17, 15) is 13.2 Å². The molecule has 0 saturated carbocycles. The Morgan fingerprint density at radius 2 is 1.80 bits per heavy atom. The van der Waals surface area contributed by atoms with Crippen molar-refractivity contribution in [3.05, 3.63) is 53.6 Å². The van der Waals surface area contributed by atoms with Crippen LogP contribution in [0.25, 0.3) is 0 Å². The van der Waals surface area contributed by atoms with Gasteiger partial charge in [-0.2, -0.15) is 0 Å². The molecule has 1 aliphatic heterocycles. The molecule has 0 N–H and O–H groups in total. The SMILES string of the molecule is COc1cc(SC)ccc1C(=O)N1CCCN(Cc2ccc(S(C)(=O)=O)cc2)CC1. The van der Waals surface area contributed by atoms with Crippen LogP contribution in [0.2, 0.25) is 0 Å². The Hall–Kier alpha value is -2.03. The Morgan fingerprint density at radius 1 is 1.07 bits per heavy atom. The minimum Gasteiger partial charge on any atom is -0.496 e. The topological polar surface area (TPSA) is 66.9 Å². The number of rotatable bonds is 6. The smallest absolute Gasteiger partial charge is 0.257 e. The molecule has 3 rings (SSSR count). The largest absolute Gasteiger partial charge is 0.496 e. The van der Waals surface area contributed by atoms with Crippen molar-refractivity contribution in [1.82, 2.24) is 9.80 Å². The number of thioether (sulfide) groups is 1. The van der Waals surface area contributed by atoms with Gasteiger partial charge in [-0.25, -0.2) is 8.42 Å². The van der Waals surface area contributed by atoms with Gasteiger partial charge < -0.3 is 9.64 Å². The molecule has 0 aliphatic carbocycles. The second-order valence-corrected chi connectivity index (χ2v) is 10.3. The van der Waals surface area contributed by atoms with E-state index in [-0.39, 0.29) is 5.91 Å². The van der Waals surface area contributed by atoms with Crippen LogP contribution in [-0.4, -0.2) is 69.9 Å². The molecule has 0 unspecified atom stereocenters. The van der Waals surface area contributed by atoms with Crippen molar-refractivity contribution in [3.63, 3.8) is 0 Å². The Kier molecular flexibility index (Phi) is 7.44. The van der Waals surface area contributed by atoms with Crippen LogP contribution in [0.15, 0.2) is 52.3 Å². The molecule has 30 heavy (non-hydrogen) atoms. The summed E-state index contributed by atoms with van der Waals surface area (Å²) in [6, 6.07) is 12.7. The highest BCUT2D eigenvalue weighted by Crippen LogP contribution is 2.27. The van der Waals surface area contributed by atoms with Crippen LogP contribution in [0.4, 0.5) is 0 Å². The lowest BCUT2D eigenvalue weighted by molar-refractivity contribution is 0.0757. The highest BCUT2D eigenvalue weighted by molar-refractivity contribution is 7.98. The molecule has 1 saturated heterocycles. The molecule has 8 heteroatoms. The van der Waals surface area contributed by atoms with Gasteiger partial charge in [-0.1, -0.05) is 12.1 Å². The first-order valence-electron chi connectivity index (χ1n) is 9.84. The summed E-state index contributed by atoms with van der Waals surface area (Å²) in [5.74, 6) is 0.609. The molecule has 1 fully saturated rings. The molecular weight excluding hydrogens is 420 g/mol. The van der Waals surface area contributed by atoms with E-state index in [0.717, 1.165) is 36.5 Å². The average molecular weight is 449 g/mol. The third-order valence-electron chi connectivity index (χ3n) is 5.27. The summed E-state index contributed by atoms with van der Waals surface area (Å²) in [6.07, 6.45) is 4.10. The van der Waals surface area contributed by atoms with Gasteiger partial charge in [0.05, 0.1) is 17.6 Å². The number of methoxy groups -OCH3 is 1. The molecule has 1 aliphatic rings. The lowest BCUT2D eigenvalue weighted by Crippen LogP contribution is -2.35. The molecule has 162 valence electrons. The number of sulfone groups is 1. The van der Waals surface area contributed by atoms with Gasteiger partial charge in [-0.05, 0) is 48.6 Å². The first-order chi connectivity index (χ1) is 14.3. The van der Waals surface area contributed by atoms with Crippen LogP contribution in [0.1, 0.15) is 22.3 Å². The van der Waals surface area contributed by atoms with Crippen molar-refractivity contribution in [1.29, 1.82) is 0 Å². The predicted molar refractivity (Wildman–Crippen MR) is 120 cm³/mol. The normalized spacial score (nSPS) is 15.6. The predicted octanol–water partition coefficient (Wildman–Crippen LogP) is 3.17. The van der Waals surface area contributed by atoms with Gasteiger partial charge in [0.1, 0.15) is 5.75 Å². The summed E-state index contributed by atoms with van der Waals surface area (Å²) in [5, 5.41) is 0. The van der Waals surface area contributed by atoms with Gasteiger partial charge in [0.2, 0.25) is 0 Å². The van der Waals surface area contributed by atoms with E-state index in [2.05, 4.69) is 4.90 Å². The lowest BCUT2D eigenvalue weighted by Gasteiger charge is -2.23. The van der Waals surface area contributed by atoms with Crippen LogP contribution in [-0.2, 0) is 16.4 Å². The first kappa shape index (κ1) is 22.7. The van der Waals surface area contributed by atoms with E-state index in [1.807, 2.05) is 41.5 Å². The fourth-order valence-electron chi connectivity index (χ4n) is 3.58. The Morgan fingerprint density at radius 3 is 2.43 bits per heavy atom.